The minimum atomic E-state index is 0.804. The van der Waals surface area contributed by atoms with Crippen molar-refractivity contribution in [3.05, 3.63) is 0 Å². The summed E-state index contributed by atoms with van der Waals surface area (Å²) in [5.41, 5.74) is 0. The standard InChI is InChI=1S/C14H26N2S/c1-3-8-16-9-7-13(14(16)6-1)15-11-12-5-2-4-10-17-12/h12-15H,1-11H2. The number of rotatable bonds is 3. The van der Waals surface area contributed by atoms with Crippen molar-refractivity contribution in [3.63, 3.8) is 0 Å². The van der Waals surface area contributed by atoms with Crippen molar-refractivity contribution >= 4 is 11.8 Å². The molecule has 1 N–H and O–H groups in total. The summed E-state index contributed by atoms with van der Waals surface area (Å²) in [5.74, 6) is 1.40. The summed E-state index contributed by atoms with van der Waals surface area (Å²) in [7, 11) is 0. The van der Waals surface area contributed by atoms with E-state index in [0.29, 0.717) is 0 Å². The highest BCUT2D eigenvalue weighted by Gasteiger charge is 2.35. The molecule has 3 aliphatic heterocycles. The van der Waals surface area contributed by atoms with Crippen LogP contribution in [0.4, 0.5) is 0 Å². The SMILES string of the molecule is C1CCC(CNC2CCN3CCCCC23)SC1. The first kappa shape index (κ1) is 12.3. The van der Waals surface area contributed by atoms with E-state index >= 15 is 0 Å². The maximum Gasteiger partial charge on any atom is 0.0249 e. The van der Waals surface area contributed by atoms with Gasteiger partial charge < -0.3 is 5.32 Å². The Bertz CT molecular complexity index is 240. The fraction of sp³-hybridized carbons (Fsp3) is 1.00. The van der Waals surface area contributed by atoms with E-state index in [9.17, 15) is 0 Å². The van der Waals surface area contributed by atoms with Gasteiger partial charge in [-0.05, 0) is 44.4 Å². The molecule has 0 aliphatic carbocycles. The summed E-state index contributed by atoms with van der Waals surface area (Å²) < 4.78 is 0. The minimum Gasteiger partial charge on any atom is -0.311 e. The van der Waals surface area contributed by atoms with E-state index in [2.05, 4.69) is 22.0 Å². The minimum absolute atomic E-state index is 0.804. The monoisotopic (exact) mass is 254 g/mol. The molecule has 0 aromatic carbocycles. The van der Waals surface area contributed by atoms with Crippen molar-refractivity contribution in [2.24, 2.45) is 0 Å². The third kappa shape index (κ3) is 2.99. The molecule has 0 spiro atoms. The first-order chi connectivity index (χ1) is 8.43. The molecule has 98 valence electrons. The van der Waals surface area contributed by atoms with Gasteiger partial charge in [0, 0.05) is 30.4 Å². The zero-order chi connectivity index (χ0) is 11.5. The smallest absolute Gasteiger partial charge is 0.0249 e. The van der Waals surface area contributed by atoms with E-state index in [1.165, 1.54) is 70.3 Å². The number of piperidine rings is 1. The topological polar surface area (TPSA) is 15.3 Å². The molecule has 3 saturated heterocycles. The molecule has 3 heterocycles. The van der Waals surface area contributed by atoms with Gasteiger partial charge in [-0.25, -0.2) is 0 Å². The second kappa shape index (κ2) is 5.94. The average molecular weight is 254 g/mol. The lowest BCUT2D eigenvalue weighted by atomic mass is 9.99. The van der Waals surface area contributed by atoms with Crippen LogP contribution in [0.25, 0.3) is 0 Å². The molecule has 3 rings (SSSR count). The molecule has 0 amide bonds. The van der Waals surface area contributed by atoms with Gasteiger partial charge in [0.05, 0.1) is 0 Å². The molecule has 2 nitrogen and oxygen atoms in total. The Morgan fingerprint density at radius 2 is 1.94 bits per heavy atom. The molecule has 0 aromatic heterocycles. The number of nitrogens with zero attached hydrogens (tertiary/aromatic N) is 1. The van der Waals surface area contributed by atoms with Crippen LogP contribution < -0.4 is 5.32 Å². The quantitative estimate of drug-likeness (QED) is 0.833. The highest BCUT2D eigenvalue weighted by molar-refractivity contribution is 7.99. The highest BCUT2D eigenvalue weighted by atomic mass is 32.2. The molecule has 3 fully saturated rings. The van der Waals surface area contributed by atoms with Crippen molar-refractivity contribution in [2.75, 3.05) is 25.4 Å². The fourth-order valence-corrected chi connectivity index (χ4v) is 4.99. The van der Waals surface area contributed by atoms with Crippen LogP contribution in [0.15, 0.2) is 0 Å². The first-order valence-electron chi connectivity index (χ1n) is 7.52. The Balaban J connectivity index is 1.45. The van der Waals surface area contributed by atoms with Gasteiger partial charge in [0.1, 0.15) is 0 Å². The zero-order valence-corrected chi connectivity index (χ0v) is 11.7. The van der Waals surface area contributed by atoms with Crippen molar-refractivity contribution in [1.29, 1.82) is 0 Å². The van der Waals surface area contributed by atoms with Gasteiger partial charge in [-0.1, -0.05) is 12.8 Å². The van der Waals surface area contributed by atoms with Crippen molar-refractivity contribution in [3.8, 4) is 0 Å². The molecule has 0 radical (unpaired) electrons. The van der Waals surface area contributed by atoms with Crippen molar-refractivity contribution in [2.45, 2.75) is 62.3 Å². The second-order valence-electron chi connectivity index (χ2n) is 5.89. The number of nitrogens with one attached hydrogen (secondary N) is 1. The van der Waals surface area contributed by atoms with E-state index in [0.717, 1.165) is 17.3 Å². The summed E-state index contributed by atoms with van der Waals surface area (Å²) in [5, 5.41) is 4.79. The van der Waals surface area contributed by atoms with Crippen LogP contribution in [0.3, 0.4) is 0 Å². The van der Waals surface area contributed by atoms with E-state index in [4.69, 9.17) is 0 Å². The predicted molar refractivity (Wildman–Crippen MR) is 75.7 cm³/mol. The molecule has 0 bridgehead atoms. The molecular weight excluding hydrogens is 228 g/mol. The Labute approximate surface area is 110 Å². The predicted octanol–water partition coefficient (Wildman–Crippen LogP) is 2.49. The average Bonchev–Trinajstić information content (AvgIpc) is 2.81. The molecular formula is C14H26N2S. The van der Waals surface area contributed by atoms with Gasteiger partial charge in [-0.15, -0.1) is 0 Å². The molecule has 3 atom stereocenters. The number of hydrogen-bond donors (Lipinski definition) is 1. The van der Waals surface area contributed by atoms with E-state index in [1.807, 2.05) is 0 Å². The lowest BCUT2D eigenvalue weighted by molar-refractivity contribution is 0.180. The summed E-state index contributed by atoms with van der Waals surface area (Å²) >= 11 is 2.20. The van der Waals surface area contributed by atoms with Crippen LogP contribution in [0.1, 0.15) is 44.9 Å². The normalized spacial score (nSPS) is 39.2. The molecule has 0 aromatic rings. The Morgan fingerprint density at radius 1 is 1.00 bits per heavy atom. The largest absolute Gasteiger partial charge is 0.311 e. The van der Waals surface area contributed by atoms with Crippen molar-refractivity contribution < 1.29 is 0 Å². The fourth-order valence-electron chi connectivity index (χ4n) is 3.74. The summed E-state index contributed by atoms with van der Waals surface area (Å²) in [4.78, 5) is 2.73. The van der Waals surface area contributed by atoms with E-state index in [1.54, 1.807) is 0 Å². The number of fused-ring (bicyclic) bond motifs is 1. The van der Waals surface area contributed by atoms with Crippen LogP contribution in [0.2, 0.25) is 0 Å². The van der Waals surface area contributed by atoms with Crippen LogP contribution in [0, 0.1) is 0 Å². The molecule has 17 heavy (non-hydrogen) atoms. The lowest BCUT2D eigenvalue weighted by Crippen LogP contribution is -2.46. The van der Waals surface area contributed by atoms with Crippen LogP contribution in [-0.4, -0.2) is 47.6 Å². The zero-order valence-electron chi connectivity index (χ0n) is 10.9. The van der Waals surface area contributed by atoms with Crippen LogP contribution >= 0.6 is 11.8 Å². The molecule has 3 heteroatoms. The van der Waals surface area contributed by atoms with Gasteiger partial charge >= 0.3 is 0 Å². The van der Waals surface area contributed by atoms with Gasteiger partial charge in [0.15, 0.2) is 0 Å². The van der Waals surface area contributed by atoms with Gasteiger partial charge in [0.2, 0.25) is 0 Å². The summed E-state index contributed by atoms with van der Waals surface area (Å²) in [6, 6.07) is 1.68. The van der Waals surface area contributed by atoms with Crippen LogP contribution in [0.5, 0.6) is 0 Å². The van der Waals surface area contributed by atoms with Gasteiger partial charge in [-0.2, -0.15) is 11.8 Å². The summed E-state index contributed by atoms with van der Waals surface area (Å²) in [6.45, 7) is 3.97. The molecule has 3 aliphatic rings. The Morgan fingerprint density at radius 3 is 2.82 bits per heavy atom. The van der Waals surface area contributed by atoms with Gasteiger partial charge in [0.25, 0.3) is 0 Å². The third-order valence-electron chi connectivity index (χ3n) is 4.74. The van der Waals surface area contributed by atoms with Crippen molar-refractivity contribution in [1.82, 2.24) is 10.2 Å². The van der Waals surface area contributed by atoms with Crippen LogP contribution in [-0.2, 0) is 0 Å². The molecule has 0 saturated carbocycles. The van der Waals surface area contributed by atoms with E-state index < -0.39 is 0 Å². The third-order valence-corrected chi connectivity index (χ3v) is 6.14. The maximum atomic E-state index is 3.89. The Hall–Kier alpha value is 0.270. The Kier molecular flexibility index (Phi) is 4.30. The lowest BCUT2D eigenvalue weighted by Gasteiger charge is -2.33. The number of thioether (sulfide) groups is 1. The number of hydrogen-bond acceptors (Lipinski definition) is 3. The second-order valence-corrected chi connectivity index (χ2v) is 7.30. The van der Waals surface area contributed by atoms with Gasteiger partial charge in [-0.3, -0.25) is 4.90 Å². The first-order valence-corrected chi connectivity index (χ1v) is 8.57. The highest BCUT2D eigenvalue weighted by Crippen LogP contribution is 2.28. The summed E-state index contributed by atoms with van der Waals surface area (Å²) in [6.07, 6.45) is 10.1. The maximum absolute atomic E-state index is 3.89. The van der Waals surface area contributed by atoms with E-state index in [-0.39, 0.29) is 0 Å². The molecule has 3 unspecified atom stereocenters.